The monoisotopic (exact) mass is 443 g/mol. The van der Waals surface area contributed by atoms with Crippen molar-refractivity contribution in [1.29, 1.82) is 0 Å². The van der Waals surface area contributed by atoms with Crippen molar-refractivity contribution in [2.75, 3.05) is 36.0 Å². The maximum Gasteiger partial charge on any atom is 0.258 e. The minimum atomic E-state index is -0.128. The number of carbonyl (C=O) groups excluding carboxylic acids is 1. The number of amides is 1. The van der Waals surface area contributed by atoms with Gasteiger partial charge in [0.05, 0.1) is 12.2 Å². The minimum Gasteiger partial charge on any atom is -0.506 e. The van der Waals surface area contributed by atoms with Crippen molar-refractivity contribution in [3.8, 4) is 5.75 Å². The number of phenols is 1. The van der Waals surface area contributed by atoms with E-state index >= 15 is 0 Å². The van der Waals surface area contributed by atoms with Gasteiger partial charge in [0.1, 0.15) is 5.75 Å². The Labute approximate surface area is 196 Å². The molecule has 33 heavy (non-hydrogen) atoms. The number of benzene rings is 3. The van der Waals surface area contributed by atoms with Gasteiger partial charge in [0.15, 0.2) is 0 Å². The first-order chi connectivity index (χ1) is 15.8. The number of phenolic OH excluding ortho intramolecular Hbond substituents is 1. The van der Waals surface area contributed by atoms with E-state index in [4.69, 9.17) is 0 Å². The highest BCUT2D eigenvalue weighted by atomic mass is 16.3. The van der Waals surface area contributed by atoms with Gasteiger partial charge in [-0.15, -0.1) is 0 Å². The smallest absolute Gasteiger partial charge is 0.258 e. The second-order valence-corrected chi connectivity index (χ2v) is 9.62. The average Bonchev–Trinajstić information content (AvgIpc) is 2.83. The molecule has 1 heterocycles. The summed E-state index contributed by atoms with van der Waals surface area (Å²) in [6, 6.07) is 23.3. The minimum absolute atomic E-state index is 0.102. The van der Waals surface area contributed by atoms with E-state index in [0.717, 1.165) is 43.0 Å². The Morgan fingerprint density at radius 3 is 2.39 bits per heavy atom. The normalized spacial score (nSPS) is 14.2. The molecule has 1 saturated heterocycles. The van der Waals surface area contributed by atoms with Gasteiger partial charge in [-0.25, -0.2) is 0 Å². The fourth-order valence-corrected chi connectivity index (χ4v) is 4.15. The molecule has 3 aromatic carbocycles. The van der Waals surface area contributed by atoms with Crippen LogP contribution in [0.15, 0.2) is 72.8 Å². The Morgan fingerprint density at radius 1 is 0.970 bits per heavy atom. The third-order valence-corrected chi connectivity index (χ3v) is 6.14. The van der Waals surface area contributed by atoms with Gasteiger partial charge in [0.25, 0.3) is 5.91 Å². The third-order valence-electron chi connectivity index (χ3n) is 6.14. The summed E-state index contributed by atoms with van der Waals surface area (Å²) < 4.78 is 0. The zero-order valence-corrected chi connectivity index (χ0v) is 19.7. The van der Waals surface area contributed by atoms with E-state index in [-0.39, 0.29) is 17.1 Å². The second kappa shape index (κ2) is 9.67. The number of hydrogen-bond donors (Lipinski definition) is 2. The summed E-state index contributed by atoms with van der Waals surface area (Å²) in [6.45, 7) is 10.5. The molecule has 0 aromatic heterocycles. The number of anilines is 2. The molecule has 4 rings (SSSR count). The van der Waals surface area contributed by atoms with Gasteiger partial charge in [0.2, 0.25) is 0 Å². The predicted octanol–water partition coefficient (Wildman–Crippen LogP) is 4.95. The van der Waals surface area contributed by atoms with Crippen molar-refractivity contribution in [1.82, 2.24) is 5.32 Å². The van der Waals surface area contributed by atoms with E-state index in [0.29, 0.717) is 17.8 Å². The van der Waals surface area contributed by atoms with Crippen LogP contribution in [0.5, 0.6) is 5.75 Å². The number of nitrogens with one attached hydrogen (secondary N) is 1. The van der Waals surface area contributed by atoms with Crippen LogP contribution in [0, 0.1) is 0 Å². The molecule has 0 bridgehead atoms. The number of piperazine rings is 1. The van der Waals surface area contributed by atoms with Crippen molar-refractivity contribution in [2.24, 2.45) is 0 Å². The lowest BCUT2D eigenvalue weighted by molar-refractivity contribution is 0.0984. The van der Waals surface area contributed by atoms with Crippen LogP contribution in [0.1, 0.15) is 42.3 Å². The molecule has 172 valence electrons. The second-order valence-electron chi connectivity index (χ2n) is 9.62. The third kappa shape index (κ3) is 5.37. The molecule has 5 nitrogen and oxygen atoms in total. The summed E-state index contributed by atoms with van der Waals surface area (Å²) in [7, 11) is 0. The van der Waals surface area contributed by atoms with E-state index in [9.17, 15) is 9.90 Å². The summed E-state index contributed by atoms with van der Waals surface area (Å²) in [5.74, 6) is -0.0252. The molecule has 1 aliphatic heterocycles. The van der Waals surface area contributed by atoms with Gasteiger partial charge in [-0.05, 0) is 46.9 Å². The Kier molecular flexibility index (Phi) is 6.70. The van der Waals surface area contributed by atoms with Gasteiger partial charge in [-0.1, -0.05) is 63.2 Å². The standard InChI is InChI=1S/C28H33N3O2/c1-28(2,3)23-12-13-26(32)25(19-23)31(20-21-8-5-4-6-9-21)27(33)22-10-7-11-24(18-22)30-16-14-29-15-17-30/h4-13,18-19,29,32H,14-17,20H2,1-3H3. The first kappa shape index (κ1) is 22.9. The molecule has 0 aliphatic carbocycles. The summed E-state index contributed by atoms with van der Waals surface area (Å²) >= 11 is 0. The molecule has 1 amide bonds. The fraction of sp³-hybridized carbons (Fsp3) is 0.321. The maximum absolute atomic E-state index is 13.9. The highest BCUT2D eigenvalue weighted by Gasteiger charge is 2.24. The van der Waals surface area contributed by atoms with Crippen molar-refractivity contribution in [2.45, 2.75) is 32.7 Å². The van der Waals surface area contributed by atoms with Crippen LogP contribution in [0.4, 0.5) is 11.4 Å². The molecule has 5 heteroatoms. The van der Waals surface area contributed by atoms with Crippen LogP contribution in [0.3, 0.4) is 0 Å². The van der Waals surface area contributed by atoms with Crippen LogP contribution in [-0.4, -0.2) is 37.2 Å². The molecule has 3 aromatic rings. The SMILES string of the molecule is CC(C)(C)c1ccc(O)c(N(Cc2ccccc2)C(=O)c2cccc(N3CCNCC3)c2)c1. The number of nitrogens with zero attached hydrogens (tertiary/aromatic N) is 2. The largest absolute Gasteiger partial charge is 0.506 e. The zero-order chi connectivity index (χ0) is 23.4. The van der Waals surface area contributed by atoms with Crippen LogP contribution in [-0.2, 0) is 12.0 Å². The maximum atomic E-state index is 13.9. The van der Waals surface area contributed by atoms with Crippen LogP contribution >= 0.6 is 0 Å². The Bertz CT molecular complexity index is 1100. The van der Waals surface area contributed by atoms with Crippen molar-refractivity contribution < 1.29 is 9.90 Å². The van der Waals surface area contributed by atoms with E-state index < -0.39 is 0 Å². The number of carbonyl (C=O) groups is 1. The quantitative estimate of drug-likeness (QED) is 0.586. The van der Waals surface area contributed by atoms with E-state index in [1.54, 1.807) is 11.0 Å². The summed E-state index contributed by atoms with van der Waals surface area (Å²) in [6.07, 6.45) is 0. The van der Waals surface area contributed by atoms with Crippen LogP contribution < -0.4 is 15.1 Å². The van der Waals surface area contributed by atoms with Gasteiger partial charge in [-0.2, -0.15) is 0 Å². The molecular weight excluding hydrogens is 410 g/mol. The topological polar surface area (TPSA) is 55.8 Å². The van der Waals surface area contributed by atoms with Crippen molar-refractivity contribution in [3.05, 3.63) is 89.5 Å². The summed E-state index contributed by atoms with van der Waals surface area (Å²) in [4.78, 5) is 17.9. The fourth-order valence-electron chi connectivity index (χ4n) is 4.15. The molecule has 2 N–H and O–H groups in total. The zero-order valence-electron chi connectivity index (χ0n) is 19.7. The van der Waals surface area contributed by atoms with Crippen molar-refractivity contribution >= 4 is 17.3 Å². The Morgan fingerprint density at radius 2 is 1.70 bits per heavy atom. The lowest BCUT2D eigenvalue weighted by atomic mass is 9.86. The number of hydrogen-bond acceptors (Lipinski definition) is 4. The number of aromatic hydroxyl groups is 1. The lowest BCUT2D eigenvalue weighted by Crippen LogP contribution is -2.43. The van der Waals surface area contributed by atoms with E-state index in [1.165, 1.54) is 0 Å². The average molecular weight is 444 g/mol. The van der Waals surface area contributed by atoms with E-state index in [1.807, 2.05) is 60.7 Å². The van der Waals surface area contributed by atoms with Gasteiger partial charge in [-0.3, -0.25) is 4.79 Å². The first-order valence-corrected chi connectivity index (χ1v) is 11.6. The molecule has 0 atom stereocenters. The lowest BCUT2D eigenvalue weighted by Gasteiger charge is -2.30. The first-order valence-electron chi connectivity index (χ1n) is 11.6. The molecule has 0 spiro atoms. The molecule has 1 fully saturated rings. The Balaban J connectivity index is 1.74. The molecule has 1 aliphatic rings. The van der Waals surface area contributed by atoms with Crippen LogP contribution in [0.2, 0.25) is 0 Å². The van der Waals surface area contributed by atoms with Crippen molar-refractivity contribution in [3.63, 3.8) is 0 Å². The molecule has 0 unspecified atom stereocenters. The summed E-state index contributed by atoms with van der Waals surface area (Å²) in [5, 5.41) is 14.2. The predicted molar refractivity (Wildman–Crippen MR) is 135 cm³/mol. The van der Waals surface area contributed by atoms with E-state index in [2.05, 4.69) is 37.1 Å². The highest BCUT2D eigenvalue weighted by Crippen LogP contribution is 2.35. The molecular formula is C28H33N3O2. The molecule has 0 radical (unpaired) electrons. The summed E-state index contributed by atoms with van der Waals surface area (Å²) in [5.41, 5.74) is 4.16. The molecule has 0 saturated carbocycles. The van der Waals surface area contributed by atoms with Crippen LogP contribution in [0.25, 0.3) is 0 Å². The Hall–Kier alpha value is -3.31. The van der Waals surface area contributed by atoms with Gasteiger partial charge < -0.3 is 20.2 Å². The number of rotatable bonds is 5. The van der Waals surface area contributed by atoms with Gasteiger partial charge >= 0.3 is 0 Å². The highest BCUT2D eigenvalue weighted by molar-refractivity contribution is 6.07. The van der Waals surface area contributed by atoms with Gasteiger partial charge in [0, 0.05) is 37.4 Å².